The first-order valence-electron chi connectivity index (χ1n) is 5.61. The summed E-state index contributed by atoms with van der Waals surface area (Å²) in [5.74, 6) is 0.485. The predicted octanol–water partition coefficient (Wildman–Crippen LogP) is 3.09. The van der Waals surface area contributed by atoms with Crippen LogP contribution in [-0.2, 0) is 6.42 Å². The Balaban J connectivity index is 0.00000289. The highest BCUT2D eigenvalue weighted by Gasteiger charge is 1.94. The molecule has 0 unspecified atom stereocenters. The Morgan fingerprint density at radius 3 is 2.94 bits per heavy atom. The first kappa shape index (κ1) is 17.4. The van der Waals surface area contributed by atoms with Crippen molar-refractivity contribution in [2.24, 2.45) is 10.7 Å². The molecule has 0 spiro atoms. The minimum Gasteiger partial charge on any atom is -0.370 e. The van der Waals surface area contributed by atoms with Crippen molar-refractivity contribution < 1.29 is 0 Å². The Kier molecular flexibility index (Phi) is 10.0. The van der Waals surface area contributed by atoms with Crippen molar-refractivity contribution in [2.45, 2.75) is 12.8 Å². The summed E-state index contributed by atoms with van der Waals surface area (Å²) in [5.41, 5.74) is 6.96. The molecule has 0 aliphatic rings. The molecule has 0 saturated carbocycles. The molecule has 3 nitrogen and oxygen atoms in total. The lowest BCUT2D eigenvalue weighted by Gasteiger charge is -2.03. The Bertz CT molecular complexity index is 394. The van der Waals surface area contributed by atoms with E-state index in [1.807, 2.05) is 12.1 Å². The molecule has 18 heavy (non-hydrogen) atoms. The maximum absolute atomic E-state index is 5.65. The van der Waals surface area contributed by atoms with Gasteiger partial charge < -0.3 is 11.1 Å². The van der Waals surface area contributed by atoms with E-state index in [9.17, 15) is 0 Å². The third-order valence-electron chi connectivity index (χ3n) is 2.22. The number of aliphatic imine (C=N–C) groups is 1. The van der Waals surface area contributed by atoms with Crippen molar-refractivity contribution in [3.8, 4) is 0 Å². The largest absolute Gasteiger partial charge is 0.370 e. The molecule has 3 N–H and O–H groups in total. The van der Waals surface area contributed by atoms with Gasteiger partial charge in [-0.15, -0.1) is 30.6 Å². The number of hydrogen-bond acceptors (Lipinski definition) is 1. The second-order valence-electron chi connectivity index (χ2n) is 3.67. The number of rotatable bonds is 6. The van der Waals surface area contributed by atoms with Gasteiger partial charge in [0.1, 0.15) is 0 Å². The van der Waals surface area contributed by atoms with Crippen LogP contribution in [0.4, 0.5) is 0 Å². The summed E-state index contributed by atoms with van der Waals surface area (Å²) in [6, 6.07) is 8.32. The maximum Gasteiger partial charge on any atom is 0.188 e. The quantitative estimate of drug-likeness (QED) is 0.243. The number of nitrogens with two attached hydrogens (primary N) is 1. The highest BCUT2D eigenvalue weighted by molar-refractivity contribution is 14.0. The summed E-state index contributed by atoms with van der Waals surface area (Å²) in [6.45, 7) is 4.99. The minimum absolute atomic E-state index is 0. The van der Waals surface area contributed by atoms with Gasteiger partial charge in [-0.25, -0.2) is 0 Å². The molecule has 1 aromatic carbocycles. The van der Waals surface area contributed by atoms with Gasteiger partial charge in [0.05, 0.1) is 0 Å². The number of benzene rings is 1. The summed E-state index contributed by atoms with van der Waals surface area (Å²) >= 11 is 3.46. The molecule has 1 aromatic rings. The number of aryl methyl sites for hydroxylation is 1. The zero-order chi connectivity index (χ0) is 12.5. The highest BCUT2D eigenvalue weighted by Crippen LogP contribution is 2.12. The number of nitrogens with zero attached hydrogens (tertiary/aromatic N) is 1. The predicted molar refractivity (Wildman–Crippen MR) is 92.6 cm³/mol. The summed E-state index contributed by atoms with van der Waals surface area (Å²) in [5, 5.41) is 2.94. The van der Waals surface area contributed by atoms with Gasteiger partial charge >= 0.3 is 0 Å². The van der Waals surface area contributed by atoms with Crippen LogP contribution in [0.25, 0.3) is 0 Å². The van der Waals surface area contributed by atoms with Crippen LogP contribution in [0.1, 0.15) is 12.0 Å². The average molecular weight is 424 g/mol. The van der Waals surface area contributed by atoms with Crippen molar-refractivity contribution in [1.82, 2.24) is 5.32 Å². The van der Waals surface area contributed by atoms with Crippen molar-refractivity contribution >= 4 is 45.9 Å². The van der Waals surface area contributed by atoms with E-state index in [1.165, 1.54) is 5.56 Å². The Morgan fingerprint density at radius 2 is 2.28 bits per heavy atom. The number of halogens is 2. The SMILES string of the molecule is C=CCNC(N)=NCCCc1cccc(Br)c1.I. The molecule has 0 aromatic heterocycles. The molecular weight excluding hydrogens is 405 g/mol. The first-order valence-corrected chi connectivity index (χ1v) is 6.41. The lowest BCUT2D eigenvalue weighted by Crippen LogP contribution is -2.31. The molecule has 0 atom stereocenters. The smallest absolute Gasteiger partial charge is 0.188 e. The molecule has 5 heteroatoms. The zero-order valence-electron chi connectivity index (χ0n) is 10.2. The molecule has 0 aliphatic heterocycles. The van der Waals surface area contributed by atoms with Crippen molar-refractivity contribution in [3.05, 3.63) is 47.0 Å². The molecule has 0 saturated heterocycles. The van der Waals surface area contributed by atoms with Gasteiger partial charge in [0.15, 0.2) is 5.96 Å². The van der Waals surface area contributed by atoms with Crippen LogP contribution in [0, 0.1) is 0 Å². The Hall–Kier alpha value is -0.560. The lowest BCUT2D eigenvalue weighted by atomic mass is 10.1. The summed E-state index contributed by atoms with van der Waals surface area (Å²) < 4.78 is 1.12. The normalized spacial score (nSPS) is 10.6. The molecule has 0 bridgehead atoms. The molecule has 0 heterocycles. The van der Waals surface area contributed by atoms with Gasteiger partial charge in [-0.1, -0.05) is 34.1 Å². The Labute approximate surface area is 134 Å². The Morgan fingerprint density at radius 1 is 1.50 bits per heavy atom. The summed E-state index contributed by atoms with van der Waals surface area (Å²) in [6.07, 6.45) is 3.76. The van der Waals surface area contributed by atoms with E-state index in [0.717, 1.165) is 23.9 Å². The molecule has 0 amide bonds. The van der Waals surface area contributed by atoms with Crippen LogP contribution in [0.5, 0.6) is 0 Å². The summed E-state index contributed by atoms with van der Waals surface area (Å²) in [7, 11) is 0. The molecule has 0 radical (unpaired) electrons. The van der Waals surface area contributed by atoms with E-state index in [2.05, 4.69) is 45.0 Å². The molecule has 1 rings (SSSR count). The van der Waals surface area contributed by atoms with Gasteiger partial charge in [0, 0.05) is 17.6 Å². The van der Waals surface area contributed by atoms with Gasteiger partial charge in [0.2, 0.25) is 0 Å². The van der Waals surface area contributed by atoms with Gasteiger partial charge in [0.25, 0.3) is 0 Å². The van der Waals surface area contributed by atoms with Gasteiger partial charge in [-0.3, -0.25) is 4.99 Å². The number of hydrogen-bond donors (Lipinski definition) is 2. The third-order valence-corrected chi connectivity index (χ3v) is 2.72. The summed E-state index contributed by atoms with van der Waals surface area (Å²) in [4.78, 5) is 4.22. The molecule has 0 aliphatic carbocycles. The second kappa shape index (κ2) is 10.4. The van der Waals surface area contributed by atoms with Crippen molar-refractivity contribution in [3.63, 3.8) is 0 Å². The van der Waals surface area contributed by atoms with Crippen LogP contribution in [0.3, 0.4) is 0 Å². The van der Waals surface area contributed by atoms with Crippen LogP contribution < -0.4 is 11.1 Å². The number of nitrogens with one attached hydrogen (secondary N) is 1. The van der Waals surface area contributed by atoms with Crippen molar-refractivity contribution in [1.29, 1.82) is 0 Å². The highest BCUT2D eigenvalue weighted by atomic mass is 127. The third kappa shape index (κ3) is 7.71. The van der Waals surface area contributed by atoms with Crippen molar-refractivity contribution in [2.75, 3.05) is 13.1 Å². The zero-order valence-corrected chi connectivity index (χ0v) is 14.1. The standard InChI is InChI=1S/C13H18BrN3.HI/c1-2-8-16-13(15)17-9-4-6-11-5-3-7-12(14)10-11;/h2-3,5,7,10H,1,4,6,8-9H2,(H3,15,16,17);1H. The van der Waals surface area contributed by atoms with Crippen LogP contribution in [-0.4, -0.2) is 19.0 Å². The van der Waals surface area contributed by atoms with E-state index < -0.39 is 0 Å². The van der Waals surface area contributed by atoms with E-state index in [4.69, 9.17) is 5.73 Å². The fourth-order valence-corrected chi connectivity index (χ4v) is 1.85. The number of guanidine groups is 1. The van der Waals surface area contributed by atoms with Crippen LogP contribution in [0.15, 0.2) is 46.4 Å². The van der Waals surface area contributed by atoms with Crippen LogP contribution in [0.2, 0.25) is 0 Å². The van der Waals surface area contributed by atoms with E-state index in [-0.39, 0.29) is 24.0 Å². The van der Waals surface area contributed by atoms with E-state index >= 15 is 0 Å². The lowest BCUT2D eigenvalue weighted by molar-refractivity contribution is 0.823. The second-order valence-corrected chi connectivity index (χ2v) is 4.59. The minimum atomic E-state index is 0. The maximum atomic E-state index is 5.65. The topological polar surface area (TPSA) is 50.4 Å². The first-order chi connectivity index (χ1) is 8.22. The molecular formula is C13H19BrIN3. The molecule has 0 fully saturated rings. The fourth-order valence-electron chi connectivity index (χ4n) is 1.41. The fraction of sp³-hybridized carbons (Fsp3) is 0.308. The molecule has 100 valence electrons. The van der Waals surface area contributed by atoms with Crippen LogP contribution >= 0.6 is 39.9 Å². The monoisotopic (exact) mass is 423 g/mol. The van der Waals surface area contributed by atoms with E-state index in [1.54, 1.807) is 6.08 Å². The van der Waals surface area contributed by atoms with Gasteiger partial charge in [-0.05, 0) is 30.5 Å². The van der Waals surface area contributed by atoms with E-state index in [0.29, 0.717) is 12.5 Å². The average Bonchev–Trinajstić information content (AvgIpc) is 2.32. The van der Waals surface area contributed by atoms with Gasteiger partial charge in [-0.2, -0.15) is 0 Å².